The van der Waals surface area contributed by atoms with E-state index >= 15 is 0 Å². The van der Waals surface area contributed by atoms with Crippen molar-refractivity contribution in [3.05, 3.63) is 45.9 Å². The molecule has 0 unspecified atom stereocenters. The summed E-state index contributed by atoms with van der Waals surface area (Å²) in [6.07, 6.45) is 1.62. The molecule has 9 heteroatoms. The second-order valence-corrected chi connectivity index (χ2v) is 11.4. The molecule has 1 saturated heterocycles. The van der Waals surface area contributed by atoms with E-state index in [2.05, 4.69) is 19.2 Å². The minimum absolute atomic E-state index is 0.0417. The molecule has 0 aliphatic carbocycles. The Morgan fingerprint density at radius 3 is 2.41 bits per heavy atom. The zero-order valence-electron chi connectivity index (χ0n) is 22.3. The summed E-state index contributed by atoms with van der Waals surface area (Å²) < 4.78 is 16.9. The zero-order chi connectivity index (χ0) is 27.3. The highest BCUT2D eigenvalue weighted by Gasteiger charge is 2.29. The molecule has 1 aliphatic heterocycles. The maximum atomic E-state index is 12.8. The standard InChI is InChI=1S/C28H36Cl2N2O5/c1-17(2)21-15-20(9-10-24(21)35-6)36-26-22(29)13-19(14-23(26)30)31-25(33)12-18-8-7-11-32(16-18)27(34)37-28(3,4)5/h9-10,13-15,17-18H,7-8,11-12,16H2,1-6H3,(H,31,33)/t18-/m1/s1. The first-order valence-corrected chi connectivity index (χ1v) is 13.2. The number of nitrogens with one attached hydrogen (secondary N) is 1. The number of rotatable bonds is 7. The van der Waals surface area contributed by atoms with Gasteiger partial charge >= 0.3 is 6.09 Å². The molecular formula is C28H36Cl2N2O5. The predicted octanol–water partition coefficient (Wildman–Crippen LogP) is 7.89. The lowest BCUT2D eigenvalue weighted by Gasteiger charge is -2.34. The number of methoxy groups -OCH3 is 1. The number of hydrogen-bond acceptors (Lipinski definition) is 5. The lowest BCUT2D eigenvalue weighted by Crippen LogP contribution is -2.43. The fourth-order valence-electron chi connectivity index (χ4n) is 4.27. The number of ether oxygens (including phenoxy) is 3. The summed E-state index contributed by atoms with van der Waals surface area (Å²) in [7, 11) is 1.63. The number of nitrogens with zero attached hydrogens (tertiary/aromatic N) is 1. The fraction of sp³-hybridized carbons (Fsp3) is 0.500. The van der Waals surface area contributed by atoms with Crippen LogP contribution in [0.1, 0.15) is 65.4 Å². The van der Waals surface area contributed by atoms with Crippen LogP contribution in [0.2, 0.25) is 10.0 Å². The van der Waals surface area contributed by atoms with Gasteiger partial charge in [0.15, 0.2) is 5.75 Å². The number of amides is 2. The monoisotopic (exact) mass is 550 g/mol. The number of hydrogen-bond donors (Lipinski definition) is 1. The van der Waals surface area contributed by atoms with Crippen LogP contribution in [0.25, 0.3) is 0 Å². The van der Waals surface area contributed by atoms with Crippen LogP contribution in [0, 0.1) is 5.92 Å². The topological polar surface area (TPSA) is 77.1 Å². The largest absolute Gasteiger partial charge is 0.496 e. The van der Waals surface area contributed by atoms with Crippen molar-refractivity contribution >= 4 is 40.9 Å². The van der Waals surface area contributed by atoms with Gasteiger partial charge in [0.25, 0.3) is 0 Å². The Hall–Kier alpha value is -2.64. The van der Waals surface area contributed by atoms with Gasteiger partial charge in [-0.1, -0.05) is 37.0 Å². The maximum Gasteiger partial charge on any atom is 0.410 e. The van der Waals surface area contributed by atoms with Crippen molar-refractivity contribution in [3.8, 4) is 17.2 Å². The number of benzene rings is 2. The Kier molecular flexibility index (Phi) is 9.59. The molecule has 1 N–H and O–H groups in total. The summed E-state index contributed by atoms with van der Waals surface area (Å²) in [5.41, 5.74) is 0.925. The van der Waals surface area contributed by atoms with E-state index in [1.165, 1.54) is 0 Å². The molecule has 0 radical (unpaired) electrons. The number of halogens is 2. The Bertz CT molecular complexity index is 1110. The first-order valence-electron chi connectivity index (χ1n) is 12.5. The van der Waals surface area contributed by atoms with Crippen LogP contribution < -0.4 is 14.8 Å². The van der Waals surface area contributed by atoms with Crippen LogP contribution in [-0.4, -0.2) is 42.7 Å². The minimum atomic E-state index is -0.556. The number of piperidine rings is 1. The third-order valence-corrected chi connectivity index (χ3v) is 6.53. The summed E-state index contributed by atoms with van der Waals surface area (Å²) >= 11 is 13.0. The summed E-state index contributed by atoms with van der Waals surface area (Å²) in [6, 6.07) is 8.76. The van der Waals surface area contributed by atoms with Crippen LogP contribution in [-0.2, 0) is 9.53 Å². The van der Waals surface area contributed by atoms with Crippen LogP contribution >= 0.6 is 23.2 Å². The summed E-state index contributed by atoms with van der Waals surface area (Å²) in [4.78, 5) is 26.9. The third kappa shape index (κ3) is 8.17. The molecule has 0 bridgehead atoms. The third-order valence-electron chi connectivity index (χ3n) is 5.97. The zero-order valence-corrected chi connectivity index (χ0v) is 23.8. The van der Waals surface area contributed by atoms with Gasteiger partial charge in [0, 0.05) is 30.8 Å². The van der Waals surface area contributed by atoms with Gasteiger partial charge in [-0.15, -0.1) is 0 Å². The van der Waals surface area contributed by atoms with Gasteiger partial charge < -0.3 is 24.4 Å². The number of carbonyl (C=O) groups is 2. The van der Waals surface area contributed by atoms with Crippen molar-refractivity contribution in [2.75, 3.05) is 25.5 Å². The second kappa shape index (κ2) is 12.3. The highest BCUT2D eigenvalue weighted by Crippen LogP contribution is 2.40. The van der Waals surface area contributed by atoms with E-state index in [0.29, 0.717) is 30.3 Å². The molecule has 7 nitrogen and oxygen atoms in total. The average Bonchev–Trinajstić information content (AvgIpc) is 2.80. The van der Waals surface area contributed by atoms with E-state index in [9.17, 15) is 9.59 Å². The quantitative estimate of drug-likeness (QED) is 0.379. The Labute approximate surface area is 229 Å². The lowest BCUT2D eigenvalue weighted by atomic mass is 9.94. The molecule has 202 valence electrons. The smallest absolute Gasteiger partial charge is 0.410 e. The van der Waals surface area contributed by atoms with Gasteiger partial charge in [-0.3, -0.25) is 4.79 Å². The van der Waals surface area contributed by atoms with Crippen LogP contribution in [0.5, 0.6) is 17.2 Å². The molecule has 2 amide bonds. The van der Waals surface area contributed by atoms with Crippen molar-refractivity contribution < 1.29 is 23.8 Å². The molecule has 1 fully saturated rings. The number of carbonyl (C=O) groups excluding carboxylic acids is 2. The molecule has 3 rings (SSSR count). The SMILES string of the molecule is COc1ccc(Oc2c(Cl)cc(NC(=O)C[C@H]3CCCN(C(=O)OC(C)(C)C)C3)cc2Cl)cc1C(C)C. The molecule has 1 atom stereocenters. The molecule has 1 aliphatic rings. The Morgan fingerprint density at radius 1 is 1.14 bits per heavy atom. The van der Waals surface area contributed by atoms with Crippen molar-refractivity contribution in [3.63, 3.8) is 0 Å². The lowest BCUT2D eigenvalue weighted by molar-refractivity contribution is -0.117. The number of likely N-dealkylation sites (tertiary alicyclic amines) is 1. The van der Waals surface area contributed by atoms with Crippen LogP contribution in [0.15, 0.2) is 30.3 Å². The molecule has 2 aromatic rings. The van der Waals surface area contributed by atoms with Gasteiger partial charge in [0.05, 0.1) is 17.2 Å². The minimum Gasteiger partial charge on any atom is -0.496 e. The Morgan fingerprint density at radius 2 is 1.81 bits per heavy atom. The van der Waals surface area contributed by atoms with Crippen molar-refractivity contribution in [1.29, 1.82) is 0 Å². The van der Waals surface area contributed by atoms with E-state index in [-0.39, 0.29) is 40.3 Å². The molecule has 1 heterocycles. The Balaban J connectivity index is 1.63. The van der Waals surface area contributed by atoms with E-state index < -0.39 is 5.60 Å². The summed E-state index contributed by atoms with van der Waals surface area (Å²) in [5.74, 6) is 1.78. The van der Waals surface area contributed by atoms with Crippen LogP contribution in [0.3, 0.4) is 0 Å². The average molecular weight is 552 g/mol. The van der Waals surface area contributed by atoms with E-state index in [1.54, 1.807) is 30.2 Å². The molecular weight excluding hydrogens is 515 g/mol. The summed E-state index contributed by atoms with van der Waals surface area (Å²) in [5, 5.41) is 3.42. The van der Waals surface area contributed by atoms with Crippen molar-refractivity contribution in [2.24, 2.45) is 5.92 Å². The molecule has 0 aromatic heterocycles. The fourth-order valence-corrected chi connectivity index (χ4v) is 4.84. The highest BCUT2D eigenvalue weighted by atomic mass is 35.5. The second-order valence-electron chi connectivity index (χ2n) is 10.6. The normalized spacial score (nSPS) is 15.9. The van der Waals surface area contributed by atoms with Gasteiger partial charge in [-0.2, -0.15) is 0 Å². The molecule has 0 saturated carbocycles. The highest BCUT2D eigenvalue weighted by molar-refractivity contribution is 6.37. The number of anilines is 1. The van der Waals surface area contributed by atoms with E-state index in [4.69, 9.17) is 37.4 Å². The van der Waals surface area contributed by atoms with Gasteiger partial charge in [-0.25, -0.2) is 4.79 Å². The van der Waals surface area contributed by atoms with Gasteiger partial charge in [0.1, 0.15) is 17.1 Å². The first kappa shape index (κ1) is 28.9. The van der Waals surface area contributed by atoms with E-state index in [1.807, 2.05) is 32.9 Å². The predicted molar refractivity (Wildman–Crippen MR) is 147 cm³/mol. The molecule has 37 heavy (non-hydrogen) atoms. The first-order chi connectivity index (χ1) is 17.4. The van der Waals surface area contributed by atoms with Gasteiger partial charge in [-0.05, 0) is 75.8 Å². The van der Waals surface area contributed by atoms with Gasteiger partial charge in [0.2, 0.25) is 5.91 Å². The maximum absolute atomic E-state index is 12.8. The summed E-state index contributed by atoms with van der Waals surface area (Å²) in [6.45, 7) is 10.8. The van der Waals surface area contributed by atoms with Crippen LogP contribution in [0.4, 0.5) is 10.5 Å². The van der Waals surface area contributed by atoms with E-state index in [0.717, 1.165) is 24.2 Å². The van der Waals surface area contributed by atoms with Crippen molar-refractivity contribution in [2.45, 2.75) is 65.4 Å². The molecule has 0 spiro atoms. The van der Waals surface area contributed by atoms with Crippen molar-refractivity contribution in [1.82, 2.24) is 4.90 Å². The molecule has 2 aromatic carbocycles.